The van der Waals surface area contributed by atoms with Crippen molar-refractivity contribution < 1.29 is 9.53 Å². The molecule has 0 amide bonds. The van der Waals surface area contributed by atoms with E-state index < -0.39 is 0 Å². The minimum atomic E-state index is -0.0366. The summed E-state index contributed by atoms with van der Waals surface area (Å²) in [6.45, 7) is 4.35. The number of hydrogen-bond donors (Lipinski definition) is 0. The smallest absolute Gasteiger partial charge is 0.310 e. The normalized spacial score (nSPS) is 37.8. The van der Waals surface area contributed by atoms with E-state index in [2.05, 4.69) is 18.7 Å². The lowest BCUT2D eigenvalue weighted by molar-refractivity contribution is -0.157. The lowest BCUT2D eigenvalue weighted by Gasteiger charge is -2.34. The van der Waals surface area contributed by atoms with Gasteiger partial charge < -0.3 is 4.74 Å². The summed E-state index contributed by atoms with van der Waals surface area (Å²) in [5, 5.41) is 0. The third kappa shape index (κ3) is 1.41. The highest BCUT2D eigenvalue weighted by Gasteiger charge is 2.38. The SMILES string of the molecule is C=C[C@@H]1CC=C[C@H]2CCOC(=O)[C@@H]12. The van der Waals surface area contributed by atoms with Crippen molar-refractivity contribution in [1.82, 2.24) is 0 Å². The van der Waals surface area contributed by atoms with Gasteiger partial charge >= 0.3 is 5.97 Å². The summed E-state index contributed by atoms with van der Waals surface area (Å²) in [5.74, 6) is 0.669. The molecule has 0 radical (unpaired) electrons. The highest BCUT2D eigenvalue weighted by molar-refractivity contribution is 5.74. The summed E-state index contributed by atoms with van der Waals surface area (Å²) in [6, 6.07) is 0. The Morgan fingerprint density at radius 1 is 1.62 bits per heavy atom. The molecule has 0 saturated carbocycles. The Morgan fingerprint density at radius 3 is 3.23 bits per heavy atom. The molecule has 2 aliphatic rings. The molecule has 1 heterocycles. The van der Waals surface area contributed by atoms with Gasteiger partial charge in [-0.1, -0.05) is 18.2 Å². The zero-order valence-corrected chi connectivity index (χ0v) is 7.61. The van der Waals surface area contributed by atoms with E-state index in [-0.39, 0.29) is 17.8 Å². The van der Waals surface area contributed by atoms with Gasteiger partial charge in [-0.3, -0.25) is 4.79 Å². The number of ether oxygens (including phenoxy) is 1. The van der Waals surface area contributed by atoms with Gasteiger partial charge in [-0.05, 0) is 24.7 Å². The van der Waals surface area contributed by atoms with Crippen molar-refractivity contribution in [2.75, 3.05) is 6.61 Å². The molecule has 0 aromatic rings. The van der Waals surface area contributed by atoms with Crippen LogP contribution in [0.5, 0.6) is 0 Å². The maximum absolute atomic E-state index is 11.5. The molecular formula is C11H14O2. The summed E-state index contributed by atoms with van der Waals surface area (Å²) < 4.78 is 5.06. The molecule has 0 aromatic heterocycles. The van der Waals surface area contributed by atoms with Crippen LogP contribution in [-0.4, -0.2) is 12.6 Å². The zero-order valence-electron chi connectivity index (χ0n) is 7.61. The van der Waals surface area contributed by atoms with Crippen LogP contribution in [0.25, 0.3) is 0 Å². The minimum Gasteiger partial charge on any atom is -0.465 e. The van der Waals surface area contributed by atoms with Gasteiger partial charge in [-0.15, -0.1) is 6.58 Å². The molecule has 1 saturated heterocycles. The van der Waals surface area contributed by atoms with Gasteiger partial charge in [0.25, 0.3) is 0 Å². The minimum absolute atomic E-state index is 0.0366. The lowest BCUT2D eigenvalue weighted by Crippen LogP contribution is -2.37. The Labute approximate surface area is 78.3 Å². The third-order valence-corrected chi connectivity index (χ3v) is 2.98. The van der Waals surface area contributed by atoms with E-state index in [1.807, 2.05) is 6.08 Å². The van der Waals surface area contributed by atoms with Crippen LogP contribution in [0.4, 0.5) is 0 Å². The van der Waals surface area contributed by atoms with Gasteiger partial charge in [0.1, 0.15) is 0 Å². The monoisotopic (exact) mass is 178 g/mol. The number of allylic oxidation sites excluding steroid dienone is 3. The molecule has 0 spiro atoms. The van der Waals surface area contributed by atoms with Gasteiger partial charge in [0.2, 0.25) is 0 Å². The van der Waals surface area contributed by atoms with Crippen LogP contribution in [0.3, 0.4) is 0 Å². The molecule has 2 nitrogen and oxygen atoms in total. The molecule has 0 unspecified atom stereocenters. The van der Waals surface area contributed by atoms with Gasteiger partial charge in [0, 0.05) is 0 Å². The van der Waals surface area contributed by atoms with Crippen molar-refractivity contribution in [2.45, 2.75) is 12.8 Å². The maximum atomic E-state index is 11.5. The van der Waals surface area contributed by atoms with Gasteiger partial charge in [-0.2, -0.15) is 0 Å². The van der Waals surface area contributed by atoms with Crippen molar-refractivity contribution in [2.24, 2.45) is 17.8 Å². The molecule has 3 atom stereocenters. The zero-order chi connectivity index (χ0) is 9.26. The highest BCUT2D eigenvalue weighted by Crippen LogP contribution is 2.36. The molecule has 70 valence electrons. The molecule has 0 N–H and O–H groups in total. The first kappa shape index (κ1) is 8.54. The summed E-state index contributed by atoms with van der Waals surface area (Å²) in [6.07, 6.45) is 8.10. The average molecular weight is 178 g/mol. The van der Waals surface area contributed by atoms with E-state index in [0.29, 0.717) is 12.5 Å². The Kier molecular flexibility index (Phi) is 2.21. The quantitative estimate of drug-likeness (QED) is 0.453. The summed E-state index contributed by atoms with van der Waals surface area (Å²) >= 11 is 0. The van der Waals surface area contributed by atoms with E-state index >= 15 is 0 Å². The first-order chi connectivity index (χ1) is 6.33. The average Bonchev–Trinajstić information content (AvgIpc) is 2.17. The standard InChI is InChI=1S/C11H14O2/c1-2-8-4-3-5-9-6-7-13-11(12)10(8)9/h2-3,5,8-10H,1,4,6-7H2/t8-,9+,10+/m1/s1. The molecule has 1 aliphatic heterocycles. The van der Waals surface area contributed by atoms with Crippen molar-refractivity contribution in [3.05, 3.63) is 24.8 Å². The predicted octanol–water partition coefficient (Wildman–Crippen LogP) is 1.93. The summed E-state index contributed by atoms with van der Waals surface area (Å²) in [4.78, 5) is 11.5. The van der Waals surface area contributed by atoms with Crippen molar-refractivity contribution in [1.29, 1.82) is 0 Å². The number of esters is 1. The number of fused-ring (bicyclic) bond motifs is 1. The Morgan fingerprint density at radius 2 is 2.46 bits per heavy atom. The first-order valence-electron chi connectivity index (χ1n) is 4.79. The van der Waals surface area contributed by atoms with Crippen molar-refractivity contribution in [3.8, 4) is 0 Å². The van der Waals surface area contributed by atoms with Gasteiger partial charge in [0.15, 0.2) is 0 Å². The molecule has 0 bridgehead atoms. The van der Waals surface area contributed by atoms with E-state index in [4.69, 9.17) is 4.74 Å². The number of carbonyl (C=O) groups excluding carboxylic acids is 1. The Balaban J connectivity index is 2.23. The molecule has 1 aliphatic carbocycles. The Hall–Kier alpha value is -1.05. The van der Waals surface area contributed by atoms with Crippen LogP contribution in [-0.2, 0) is 9.53 Å². The summed E-state index contributed by atoms with van der Waals surface area (Å²) in [7, 11) is 0. The van der Waals surface area contributed by atoms with Crippen molar-refractivity contribution in [3.63, 3.8) is 0 Å². The number of rotatable bonds is 1. The highest BCUT2D eigenvalue weighted by atomic mass is 16.5. The molecule has 1 fully saturated rings. The fraction of sp³-hybridized carbons (Fsp3) is 0.545. The number of cyclic esters (lactones) is 1. The first-order valence-corrected chi connectivity index (χ1v) is 4.79. The van der Waals surface area contributed by atoms with Gasteiger partial charge in [0.05, 0.1) is 12.5 Å². The van der Waals surface area contributed by atoms with Crippen LogP contribution in [0.1, 0.15) is 12.8 Å². The fourth-order valence-corrected chi connectivity index (χ4v) is 2.25. The Bertz CT molecular complexity index is 255. The fourth-order valence-electron chi connectivity index (χ4n) is 2.25. The molecule has 2 heteroatoms. The maximum Gasteiger partial charge on any atom is 0.310 e. The third-order valence-electron chi connectivity index (χ3n) is 2.98. The predicted molar refractivity (Wildman–Crippen MR) is 50.0 cm³/mol. The lowest BCUT2D eigenvalue weighted by atomic mass is 9.73. The van der Waals surface area contributed by atoms with Crippen LogP contribution >= 0.6 is 0 Å². The van der Waals surface area contributed by atoms with E-state index in [1.54, 1.807) is 0 Å². The molecular weight excluding hydrogens is 164 g/mol. The van der Waals surface area contributed by atoms with Crippen LogP contribution in [0, 0.1) is 17.8 Å². The van der Waals surface area contributed by atoms with Crippen molar-refractivity contribution >= 4 is 5.97 Å². The second-order valence-electron chi connectivity index (χ2n) is 3.71. The topological polar surface area (TPSA) is 26.3 Å². The second kappa shape index (κ2) is 3.36. The molecule has 2 rings (SSSR count). The number of carbonyl (C=O) groups is 1. The van der Waals surface area contributed by atoms with E-state index in [1.165, 1.54) is 0 Å². The second-order valence-corrected chi connectivity index (χ2v) is 3.71. The summed E-state index contributed by atoms with van der Waals surface area (Å²) in [5.41, 5.74) is 0. The van der Waals surface area contributed by atoms with Crippen LogP contribution < -0.4 is 0 Å². The molecule has 0 aromatic carbocycles. The van der Waals surface area contributed by atoms with Crippen LogP contribution in [0.15, 0.2) is 24.8 Å². The van der Waals surface area contributed by atoms with Crippen LogP contribution in [0.2, 0.25) is 0 Å². The van der Waals surface area contributed by atoms with E-state index in [9.17, 15) is 4.79 Å². The van der Waals surface area contributed by atoms with E-state index in [0.717, 1.165) is 12.8 Å². The molecule has 13 heavy (non-hydrogen) atoms. The van der Waals surface area contributed by atoms with Gasteiger partial charge in [-0.25, -0.2) is 0 Å². The number of hydrogen-bond acceptors (Lipinski definition) is 2. The largest absolute Gasteiger partial charge is 0.465 e.